The highest BCUT2D eigenvalue weighted by molar-refractivity contribution is 5.93. The zero-order valence-electron chi connectivity index (χ0n) is 16.7. The highest BCUT2D eigenvalue weighted by Gasteiger charge is 2.14. The van der Waals surface area contributed by atoms with E-state index in [1.165, 1.54) is 18.4 Å². The molecular weight excluding hydrogens is 368 g/mol. The van der Waals surface area contributed by atoms with Crippen molar-refractivity contribution in [3.05, 3.63) is 47.4 Å². The average molecular weight is 394 g/mol. The lowest BCUT2D eigenvalue weighted by atomic mass is 9.97. The van der Waals surface area contributed by atoms with Gasteiger partial charge in [-0.05, 0) is 51.2 Å². The number of rotatable bonds is 6. The summed E-state index contributed by atoms with van der Waals surface area (Å²) in [7, 11) is 0. The Labute approximate surface area is 170 Å². The number of hydrogen-bond donors (Lipinski definition) is 2. The number of aromatic nitrogens is 2. The van der Waals surface area contributed by atoms with Crippen LogP contribution in [0.25, 0.3) is 0 Å². The smallest absolute Gasteiger partial charge is 0.270 e. The maximum absolute atomic E-state index is 12.5. The molecule has 2 heterocycles. The third-order valence-corrected chi connectivity index (χ3v) is 5.00. The van der Waals surface area contributed by atoms with E-state index < -0.39 is 0 Å². The van der Waals surface area contributed by atoms with Crippen LogP contribution in [-0.2, 0) is 0 Å². The quantitative estimate of drug-likeness (QED) is 0.723. The Morgan fingerprint density at radius 1 is 1.10 bits per heavy atom. The van der Waals surface area contributed by atoms with Crippen LogP contribution in [0, 0.1) is 6.92 Å². The topological polar surface area (TPSA) is 85.4 Å². The molecule has 0 saturated heterocycles. The van der Waals surface area contributed by atoms with Crippen LogP contribution in [0.4, 0.5) is 11.5 Å². The van der Waals surface area contributed by atoms with Crippen molar-refractivity contribution in [3.63, 3.8) is 0 Å². The van der Waals surface area contributed by atoms with Gasteiger partial charge >= 0.3 is 0 Å². The van der Waals surface area contributed by atoms with E-state index in [9.17, 15) is 4.79 Å². The molecule has 2 aromatic rings. The molecule has 1 aliphatic heterocycles. The monoisotopic (exact) mass is 394 g/mol. The number of nitrogens with zero attached hydrogens (tertiary/aromatic N) is 2. The summed E-state index contributed by atoms with van der Waals surface area (Å²) in [6, 6.07) is 7.28. The third kappa shape index (κ3) is 5.04. The number of carbonyl (C=O) groups excluding carboxylic acids is 1. The van der Waals surface area contributed by atoms with E-state index in [1.807, 2.05) is 18.2 Å². The fourth-order valence-corrected chi connectivity index (χ4v) is 3.58. The zero-order chi connectivity index (χ0) is 20.1. The standard InChI is InChI=1S/C22H26N4O3/c1-15-24-18(22(27)23-10-9-16-5-3-2-4-6-16)14-21(25-15)26-17-7-8-19-20(13-17)29-12-11-28-19/h5,7-8,13-14H,2-4,6,9-12H2,1H3,(H,23,27)(H,24,25,26). The highest BCUT2D eigenvalue weighted by Crippen LogP contribution is 2.33. The van der Waals surface area contributed by atoms with Crippen molar-refractivity contribution in [3.8, 4) is 11.5 Å². The number of amides is 1. The summed E-state index contributed by atoms with van der Waals surface area (Å²) in [4.78, 5) is 21.2. The number of ether oxygens (including phenoxy) is 2. The summed E-state index contributed by atoms with van der Waals surface area (Å²) in [6.45, 7) is 3.49. The van der Waals surface area contributed by atoms with Gasteiger partial charge in [0, 0.05) is 24.4 Å². The molecule has 0 saturated carbocycles. The number of hydrogen-bond acceptors (Lipinski definition) is 6. The molecule has 1 amide bonds. The minimum Gasteiger partial charge on any atom is -0.486 e. The molecular formula is C22H26N4O3. The highest BCUT2D eigenvalue weighted by atomic mass is 16.6. The molecule has 2 aliphatic rings. The van der Waals surface area contributed by atoms with Gasteiger partial charge in [0.1, 0.15) is 30.5 Å². The molecule has 7 heteroatoms. The molecule has 4 rings (SSSR count). The third-order valence-electron chi connectivity index (χ3n) is 5.00. The lowest BCUT2D eigenvalue weighted by Gasteiger charge is -2.19. The van der Waals surface area contributed by atoms with Crippen LogP contribution in [0.3, 0.4) is 0 Å². The molecule has 1 aromatic carbocycles. The molecule has 0 radical (unpaired) electrons. The van der Waals surface area contributed by atoms with E-state index in [-0.39, 0.29) is 5.91 Å². The second-order valence-corrected chi connectivity index (χ2v) is 7.28. The van der Waals surface area contributed by atoms with Crippen LogP contribution < -0.4 is 20.1 Å². The van der Waals surface area contributed by atoms with E-state index >= 15 is 0 Å². The van der Waals surface area contributed by atoms with Gasteiger partial charge in [-0.1, -0.05) is 11.6 Å². The molecule has 0 bridgehead atoms. The van der Waals surface area contributed by atoms with Gasteiger partial charge in [0.15, 0.2) is 11.5 Å². The second kappa shape index (κ2) is 8.94. The predicted octanol–water partition coefficient (Wildman–Crippen LogP) is 3.92. The van der Waals surface area contributed by atoms with E-state index in [0.717, 1.165) is 30.7 Å². The average Bonchev–Trinajstić information content (AvgIpc) is 2.74. The lowest BCUT2D eigenvalue weighted by Crippen LogP contribution is -2.26. The van der Waals surface area contributed by atoms with E-state index in [0.29, 0.717) is 42.8 Å². The fraction of sp³-hybridized carbons (Fsp3) is 0.409. The summed E-state index contributed by atoms with van der Waals surface area (Å²) >= 11 is 0. The Hall–Kier alpha value is -3.09. The Bertz CT molecular complexity index is 926. The van der Waals surface area contributed by atoms with Crippen molar-refractivity contribution in [1.29, 1.82) is 0 Å². The first kappa shape index (κ1) is 19.2. The number of benzene rings is 1. The van der Waals surface area contributed by atoms with Crippen LogP contribution >= 0.6 is 0 Å². The zero-order valence-corrected chi connectivity index (χ0v) is 16.7. The van der Waals surface area contributed by atoms with Crippen molar-refractivity contribution < 1.29 is 14.3 Å². The Balaban J connectivity index is 1.40. The minimum absolute atomic E-state index is 0.183. The molecule has 0 spiro atoms. The minimum atomic E-state index is -0.183. The van der Waals surface area contributed by atoms with Crippen molar-refractivity contribution in [2.45, 2.75) is 39.0 Å². The van der Waals surface area contributed by atoms with Gasteiger partial charge in [0.2, 0.25) is 0 Å². The van der Waals surface area contributed by atoms with Gasteiger partial charge < -0.3 is 20.1 Å². The normalized spacial score (nSPS) is 15.4. The first-order chi connectivity index (χ1) is 14.2. The maximum Gasteiger partial charge on any atom is 0.270 e. The largest absolute Gasteiger partial charge is 0.486 e. The SMILES string of the molecule is Cc1nc(Nc2ccc3c(c2)OCCO3)cc(C(=O)NCCC2=CCCCC2)n1. The second-order valence-electron chi connectivity index (χ2n) is 7.28. The van der Waals surface area contributed by atoms with Gasteiger partial charge in [0.25, 0.3) is 5.91 Å². The molecule has 1 aromatic heterocycles. The number of fused-ring (bicyclic) bond motifs is 1. The summed E-state index contributed by atoms with van der Waals surface area (Å²) in [5.41, 5.74) is 2.61. The van der Waals surface area contributed by atoms with Gasteiger partial charge in [-0.3, -0.25) is 4.79 Å². The van der Waals surface area contributed by atoms with Crippen LogP contribution in [0.5, 0.6) is 11.5 Å². The summed E-state index contributed by atoms with van der Waals surface area (Å²) in [5.74, 6) is 2.34. The van der Waals surface area contributed by atoms with Crippen molar-refractivity contribution >= 4 is 17.4 Å². The predicted molar refractivity (Wildman–Crippen MR) is 111 cm³/mol. The first-order valence-electron chi connectivity index (χ1n) is 10.2. The molecule has 0 fully saturated rings. The Kier molecular flexibility index (Phi) is 5.93. The van der Waals surface area contributed by atoms with Gasteiger partial charge in [0.05, 0.1) is 0 Å². The van der Waals surface area contributed by atoms with Crippen molar-refractivity contribution in [1.82, 2.24) is 15.3 Å². The van der Waals surface area contributed by atoms with Crippen LogP contribution in [0.15, 0.2) is 35.9 Å². The van der Waals surface area contributed by atoms with Gasteiger partial charge in [-0.2, -0.15) is 0 Å². The van der Waals surface area contributed by atoms with Crippen molar-refractivity contribution in [2.24, 2.45) is 0 Å². The van der Waals surface area contributed by atoms with E-state index in [1.54, 1.807) is 13.0 Å². The fourth-order valence-electron chi connectivity index (χ4n) is 3.58. The molecule has 1 aliphatic carbocycles. The summed E-state index contributed by atoms with van der Waals surface area (Å²) in [5, 5.41) is 6.19. The summed E-state index contributed by atoms with van der Waals surface area (Å²) < 4.78 is 11.2. The van der Waals surface area contributed by atoms with E-state index in [2.05, 4.69) is 26.7 Å². The summed E-state index contributed by atoms with van der Waals surface area (Å²) in [6.07, 6.45) is 8.03. The van der Waals surface area contributed by atoms with Crippen LogP contribution in [0.1, 0.15) is 48.4 Å². The van der Waals surface area contributed by atoms with E-state index in [4.69, 9.17) is 9.47 Å². The Morgan fingerprint density at radius 3 is 2.79 bits per heavy atom. The number of anilines is 2. The number of aryl methyl sites for hydroxylation is 1. The van der Waals surface area contributed by atoms with Crippen LogP contribution in [0.2, 0.25) is 0 Å². The lowest BCUT2D eigenvalue weighted by molar-refractivity contribution is 0.0948. The maximum atomic E-state index is 12.5. The number of allylic oxidation sites excluding steroid dienone is 1. The van der Waals surface area contributed by atoms with Crippen LogP contribution in [-0.4, -0.2) is 35.6 Å². The Morgan fingerprint density at radius 2 is 1.97 bits per heavy atom. The van der Waals surface area contributed by atoms with Crippen molar-refractivity contribution in [2.75, 3.05) is 25.1 Å². The molecule has 7 nitrogen and oxygen atoms in total. The molecule has 152 valence electrons. The first-order valence-corrected chi connectivity index (χ1v) is 10.2. The number of carbonyl (C=O) groups is 1. The molecule has 0 unspecified atom stereocenters. The van der Waals surface area contributed by atoms with Gasteiger partial charge in [-0.25, -0.2) is 9.97 Å². The molecule has 0 atom stereocenters. The molecule has 29 heavy (non-hydrogen) atoms. The number of nitrogens with one attached hydrogen (secondary N) is 2. The molecule has 2 N–H and O–H groups in total. The van der Waals surface area contributed by atoms with Gasteiger partial charge in [-0.15, -0.1) is 0 Å².